The molecule has 0 aliphatic rings. The highest BCUT2D eigenvalue weighted by molar-refractivity contribution is 6.38. The van der Waals surface area contributed by atoms with Crippen LogP contribution in [0.2, 0.25) is 5.02 Å². The Labute approximate surface area is 195 Å². The first-order chi connectivity index (χ1) is 16.1. The maximum atomic E-state index is 9.57. The van der Waals surface area contributed by atoms with Gasteiger partial charge < -0.3 is 14.4 Å². The van der Waals surface area contributed by atoms with E-state index in [9.17, 15) is 5.11 Å². The number of nitrogens with zero attached hydrogens (tertiary/aromatic N) is 5. The number of imidazole rings is 1. The van der Waals surface area contributed by atoms with Gasteiger partial charge in [-0.05, 0) is 23.3 Å². The molecule has 0 atom stereocenters. The molecule has 0 saturated heterocycles. The number of aryl methyl sites for hydroxylation is 1. The summed E-state index contributed by atoms with van der Waals surface area (Å²) in [6.07, 6.45) is 5.16. The molecule has 3 aromatic heterocycles. The molecular formula is C25H20ClN5O2. The number of ether oxygens (including phenoxy) is 1. The Kier molecular flexibility index (Phi) is 5.50. The summed E-state index contributed by atoms with van der Waals surface area (Å²) >= 11 is 6.93. The number of hydrogen-bond donors (Lipinski definition) is 1. The van der Waals surface area contributed by atoms with Crippen LogP contribution in [0.3, 0.4) is 0 Å². The molecule has 0 bridgehead atoms. The van der Waals surface area contributed by atoms with Gasteiger partial charge in [0.2, 0.25) is 5.88 Å². The van der Waals surface area contributed by atoms with E-state index in [0.29, 0.717) is 22.4 Å². The standard InChI is InChI=1S/C25H20ClN5O2/c1-31-14-27-12-20(31)24-18(11-28-21(13-32)30-24)16-8-9-19-17(10-16)23(26)22(25(29-19)33-2)15-6-4-3-5-7-15/h3-12,14,32H,13H2,1-2H3. The van der Waals surface area contributed by atoms with Crippen molar-refractivity contribution < 1.29 is 9.84 Å². The second-order valence-corrected chi connectivity index (χ2v) is 7.88. The summed E-state index contributed by atoms with van der Waals surface area (Å²) in [5, 5.41) is 10.9. The zero-order valence-electron chi connectivity index (χ0n) is 18.0. The van der Waals surface area contributed by atoms with E-state index in [4.69, 9.17) is 21.3 Å². The molecule has 0 aliphatic heterocycles. The van der Waals surface area contributed by atoms with Gasteiger partial charge in [0.15, 0.2) is 5.82 Å². The van der Waals surface area contributed by atoms with Crippen molar-refractivity contribution in [2.24, 2.45) is 7.05 Å². The molecule has 5 rings (SSSR count). The van der Waals surface area contributed by atoms with Gasteiger partial charge in [0.05, 0.1) is 47.1 Å². The topological polar surface area (TPSA) is 86.0 Å². The maximum Gasteiger partial charge on any atom is 0.223 e. The molecule has 0 aliphatic carbocycles. The van der Waals surface area contributed by atoms with E-state index in [1.54, 1.807) is 25.8 Å². The molecule has 0 radical (unpaired) electrons. The predicted octanol–water partition coefficient (Wildman–Crippen LogP) is 4.91. The third-order valence-electron chi connectivity index (χ3n) is 5.49. The highest BCUT2D eigenvalue weighted by Crippen LogP contribution is 2.41. The quantitative estimate of drug-likeness (QED) is 0.403. The molecule has 5 aromatic rings. The third kappa shape index (κ3) is 3.71. The number of aromatic nitrogens is 5. The molecule has 164 valence electrons. The number of benzene rings is 2. The minimum absolute atomic E-state index is 0.251. The molecular weight excluding hydrogens is 438 g/mol. The van der Waals surface area contributed by atoms with Gasteiger partial charge >= 0.3 is 0 Å². The molecule has 2 aromatic carbocycles. The van der Waals surface area contributed by atoms with Crippen LogP contribution in [0.5, 0.6) is 5.88 Å². The largest absolute Gasteiger partial charge is 0.480 e. The number of pyridine rings is 1. The number of fused-ring (bicyclic) bond motifs is 1. The summed E-state index contributed by atoms with van der Waals surface area (Å²) in [6.45, 7) is -0.251. The fourth-order valence-electron chi connectivity index (χ4n) is 3.86. The highest BCUT2D eigenvalue weighted by Gasteiger charge is 2.19. The summed E-state index contributed by atoms with van der Waals surface area (Å²) in [4.78, 5) is 17.8. The summed E-state index contributed by atoms with van der Waals surface area (Å²) in [5.74, 6) is 0.809. The van der Waals surface area contributed by atoms with Crippen LogP contribution in [0, 0.1) is 0 Å². The van der Waals surface area contributed by atoms with Gasteiger partial charge in [-0.1, -0.05) is 48.0 Å². The lowest BCUT2D eigenvalue weighted by atomic mass is 9.99. The van der Waals surface area contributed by atoms with E-state index in [1.807, 2.05) is 60.1 Å². The Morgan fingerprint density at radius 3 is 2.55 bits per heavy atom. The normalized spacial score (nSPS) is 11.2. The van der Waals surface area contributed by atoms with E-state index in [0.717, 1.165) is 38.9 Å². The minimum Gasteiger partial charge on any atom is -0.480 e. The monoisotopic (exact) mass is 457 g/mol. The zero-order valence-corrected chi connectivity index (χ0v) is 18.8. The number of halogens is 1. The van der Waals surface area contributed by atoms with E-state index >= 15 is 0 Å². The fraction of sp³-hybridized carbons (Fsp3) is 0.120. The van der Waals surface area contributed by atoms with E-state index in [1.165, 1.54) is 0 Å². The molecule has 33 heavy (non-hydrogen) atoms. The van der Waals surface area contributed by atoms with Gasteiger partial charge in [-0.25, -0.2) is 19.9 Å². The number of aliphatic hydroxyl groups is 1. The number of rotatable bonds is 5. The summed E-state index contributed by atoms with van der Waals surface area (Å²) in [6, 6.07) is 15.6. The van der Waals surface area contributed by atoms with Crippen molar-refractivity contribution in [1.29, 1.82) is 0 Å². The van der Waals surface area contributed by atoms with Gasteiger partial charge in [0.1, 0.15) is 6.61 Å². The second kappa shape index (κ2) is 8.61. The second-order valence-electron chi connectivity index (χ2n) is 7.50. The third-order valence-corrected chi connectivity index (χ3v) is 5.89. The van der Waals surface area contributed by atoms with Crippen molar-refractivity contribution in [1.82, 2.24) is 24.5 Å². The van der Waals surface area contributed by atoms with E-state index in [2.05, 4.69) is 15.0 Å². The molecule has 7 nitrogen and oxygen atoms in total. The lowest BCUT2D eigenvalue weighted by Crippen LogP contribution is -2.01. The average Bonchev–Trinajstić information content (AvgIpc) is 3.29. The molecule has 0 fully saturated rings. The van der Waals surface area contributed by atoms with Crippen LogP contribution in [-0.2, 0) is 13.7 Å². The lowest BCUT2D eigenvalue weighted by Gasteiger charge is -2.15. The smallest absolute Gasteiger partial charge is 0.223 e. The van der Waals surface area contributed by atoms with Crippen molar-refractivity contribution in [2.45, 2.75) is 6.61 Å². The Hall–Kier alpha value is -3.81. The van der Waals surface area contributed by atoms with Crippen LogP contribution in [0.15, 0.2) is 67.3 Å². The first-order valence-electron chi connectivity index (χ1n) is 10.3. The highest BCUT2D eigenvalue weighted by atomic mass is 35.5. The van der Waals surface area contributed by atoms with Crippen LogP contribution in [0.4, 0.5) is 0 Å². The van der Waals surface area contributed by atoms with Gasteiger partial charge in [-0.3, -0.25) is 0 Å². The molecule has 1 N–H and O–H groups in total. The maximum absolute atomic E-state index is 9.57. The van der Waals surface area contributed by atoms with Crippen molar-refractivity contribution in [3.8, 4) is 39.5 Å². The summed E-state index contributed by atoms with van der Waals surface area (Å²) in [7, 11) is 3.48. The average molecular weight is 458 g/mol. The van der Waals surface area contributed by atoms with Gasteiger partial charge in [-0.15, -0.1) is 0 Å². The van der Waals surface area contributed by atoms with Gasteiger partial charge in [0.25, 0.3) is 0 Å². The molecule has 0 unspecified atom stereocenters. The van der Waals surface area contributed by atoms with Crippen molar-refractivity contribution in [3.63, 3.8) is 0 Å². The molecule has 3 heterocycles. The van der Waals surface area contributed by atoms with Crippen LogP contribution < -0.4 is 4.74 Å². The Bertz CT molecular complexity index is 1470. The Balaban J connectivity index is 1.75. The molecule has 8 heteroatoms. The molecule has 0 amide bonds. The van der Waals surface area contributed by atoms with Crippen molar-refractivity contribution in [2.75, 3.05) is 7.11 Å². The Morgan fingerprint density at radius 2 is 1.85 bits per heavy atom. The zero-order chi connectivity index (χ0) is 22.9. The summed E-state index contributed by atoms with van der Waals surface area (Å²) < 4.78 is 7.44. The fourth-order valence-corrected chi connectivity index (χ4v) is 4.20. The van der Waals surface area contributed by atoms with Crippen LogP contribution in [-0.4, -0.2) is 36.7 Å². The first-order valence-corrected chi connectivity index (χ1v) is 10.6. The number of methoxy groups -OCH3 is 1. The molecule has 0 saturated carbocycles. The number of aliphatic hydroxyl groups excluding tert-OH is 1. The van der Waals surface area contributed by atoms with E-state index in [-0.39, 0.29) is 6.61 Å². The van der Waals surface area contributed by atoms with Crippen LogP contribution in [0.1, 0.15) is 5.82 Å². The predicted molar refractivity (Wildman–Crippen MR) is 128 cm³/mol. The lowest BCUT2D eigenvalue weighted by molar-refractivity contribution is 0.271. The first kappa shape index (κ1) is 21.1. The number of hydrogen-bond acceptors (Lipinski definition) is 6. The molecule has 0 spiro atoms. The van der Waals surface area contributed by atoms with Crippen LogP contribution in [0.25, 0.3) is 44.5 Å². The van der Waals surface area contributed by atoms with E-state index < -0.39 is 0 Å². The van der Waals surface area contributed by atoms with Gasteiger partial charge in [-0.2, -0.15) is 0 Å². The summed E-state index contributed by atoms with van der Waals surface area (Å²) in [5.41, 5.74) is 5.53. The van der Waals surface area contributed by atoms with Gasteiger partial charge in [0, 0.05) is 24.2 Å². The Morgan fingerprint density at radius 1 is 1.03 bits per heavy atom. The SMILES string of the molecule is COc1nc2ccc(-c3cnc(CO)nc3-c3cncn3C)cc2c(Cl)c1-c1ccccc1. The van der Waals surface area contributed by atoms with Crippen molar-refractivity contribution in [3.05, 3.63) is 78.1 Å². The minimum atomic E-state index is -0.251. The van der Waals surface area contributed by atoms with Crippen molar-refractivity contribution >= 4 is 22.5 Å². The van der Waals surface area contributed by atoms with Crippen LogP contribution >= 0.6 is 11.6 Å².